The van der Waals surface area contributed by atoms with Gasteiger partial charge in [0.1, 0.15) is 18.0 Å². The van der Waals surface area contributed by atoms with Crippen molar-refractivity contribution in [1.82, 2.24) is 9.97 Å². The molecule has 4 heteroatoms. The smallest absolute Gasteiger partial charge is 0.134 e. The van der Waals surface area contributed by atoms with Crippen LogP contribution in [0.25, 0.3) is 0 Å². The molecule has 1 unspecified atom stereocenters. The van der Waals surface area contributed by atoms with E-state index in [-0.39, 0.29) is 0 Å². The standard InChI is InChI=1S/C19H24N4/c1-3-7-15(8-4-1)19(16-9-10-16)22-17-13-18(21-14-20-17)23-11-5-2-6-12-23/h1,3-4,7-8,13-14,16,19H,2,5-6,9-12H2,(H,20,21,22). The van der Waals surface area contributed by atoms with Crippen molar-refractivity contribution in [1.29, 1.82) is 0 Å². The number of nitrogens with zero attached hydrogens (tertiary/aromatic N) is 3. The van der Waals surface area contributed by atoms with Crippen molar-refractivity contribution < 1.29 is 0 Å². The molecule has 1 atom stereocenters. The van der Waals surface area contributed by atoms with Gasteiger partial charge in [-0.1, -0.05) is 30.3 Å². The predicted molar refractivity (Wildman–Crippen MR) is 93.6 cm³/mol. The molecular formula is C19H24N4. The summed E-state index contributed by atoms with van der Waals surface area (Å²) in [6.07, 6.45) is 8.17. The van der Waals surface area contributed by atoms with Crippen LogP contribution in [-0.4, -0.2) is 23.1 Å². The van der Waals surface area contributed by atoms with Gasteiger partial charge in [-0.05, 0) is 43.6 Å². The molecule has 2 aliphatic rings. The maximum atomic E-state index is 4.48. The van der Waals surface area contributed by atoms with E-state index in [0.29, 0.717) is 6.04 Å². The van der Waals surface area contributed by atoms with Crippen LogP contribution in [0, 0.1) is 5.92 Å². The molecule has 0 radical (unpaired) electrons. The van der Waals surface area contributed by atoms with Crippen LogP contribution in [0.4, 0.5) is 11.6 Å². The Morgan fingerprint density at radius 3 is 2.52 bits per heavy atom. The minimum Gasteiger partial charge on any atom is -0.363 e. The number of hydrogen-bond donors (Lipinski definition) is 1. The number of anilines is 2. The lowest BCUT2D eigenvalue weighted by Gasteiger charge is -2.28. The van der Waals surface area contributed by atoms with Gasteiger partial charge in [-0.25, -0.2) is 9.97 Å². The second-order valence-electron chi connectivity index (χ2n) is 6.68. The SMILES string of the molecule is c1ccc(C(Nc2cc(N3CCCCC3)ncn2)C2CC2)cc1. The second kappa shape index (κ2) is 6.57. The summed E-state index contributed by atoms with van der Waals surface area (Å²) < 4.78 is 0. The van der Waals surface area contributed by atoms with Gasteiger partial charge in [0.2, 0.25) is 0 Å². The first kappa shape index (κ1) is 14.5. The summed E-state index contributed by atoms with van der Waals surface area (Å²) in [6.45, 7) is 2.22. The van der Waals surface area contributed by atoms with Crippen LogP contribution in [0.5, 0.6) is 0 Å². The second-order valence-corrected chi connectivity index (χ2v) is 6.68. The van der Waals surface area contributed by atoms with Crippen molar-refractivity contribution in [2.75, 3.05) is 23.3 Å². The van der Waals surface area contributed by atoms with Crippen molar-refractivity contribution >= 4 is 11.6 Å². The first-order valence-electron chi connectivity index (χ1n) is 8.78. The van der Waals surface area contributed by atoms with Gasteiger partial charge in [-0.3, -0.25) is 0 Å². The van der Waals surface area contributed by atoms with Gasteiger partial charge in [0.25, 0.3) is 0 Å². The van der Waals surface area contributed by atoms with Gasteiger partial charge >= 0.3 is 0 Å². The molecule has 0 bridgehead atoms. The number of piperidine rings is 1. The molecule has 1 aromatic heterocycles. The zero-order chi connectivity index (χ0) is 15.5. The molecule has 1 aliphatic carbocycles. The summed E-state index contributed by atoms with van der Waals surface area (Å²) in [4.78, 5) is 11.3. The fraction of sp³-hybridized carbons (Fsp3) is 0.474. The molecule has 120 valence electrons. The van der Waals surface area contributed by atoms with E-state index in [1.54, 1.807) is 6.33 Å². The van der Waals surface area contributed by atoms with Gasteiger partial charge in [0.15, 0.2) is 0 Å². The Balaban J connectivity index is 1.53. The fourth-order valence-corrected chi connectivity index (χ4v) is 3.44. The van der Waals surface area contributed by atoms with E-state index in [1.165, 1.54) is 37.7 Å². The Morgan fingerprint density at radius 1 is 1.00 bits per heavy atom. The highest BCUT2D eigenvalue weighted by Crippen LogP contribution is 2.42. The number of benzene rings is 1. The molecular weight excluding hydrogens is 284 g/mol. The lowest BCUT2D eigenvalue weighted by atomic mass is 10.0. The lowest BCUT2D eigenvalue weighted by molar-refractivity contribution is 0.573. The van der Waals surface area contributed by atoms with Crippen LogP contribution in [-0.2, 0) is 0 Å². The molecule has 2 fully saturated rings. The number of aromatic nitrogens is 2. The first-order chi connectivity index (χ1) is 11.4. The normalized spacial score (nSPS) is 19.4. The molecule has 1 saturated heterocycles. The Morgan fingerprint density at radius 2 is 1.78 bits per heavy atom. The Hall–Kier alpha value is -2.10. The molecule has 2 heterocycles. The maximum absolute atomic E-state index is 4.48. The zero-order valence-corrected chi connectivity index (χ0v) is 13.5. The molecule has 0 spiro atoms. The predicted octanol–water partition coefficient (Wildman–Crippen LogP) is 4.03. The third kappa shape index (κ3) is 3.46. The molecule has 2 aromatic rings. The van der Waals surface area contributed by atoms with Crippen LogP contribution in [0.2, 0.25) is 0 Å². The van der Waals surface area contributed by atoms with Gasteiger partial charge in [0, 0.05) is 19.2 Å². The fourth-order valence-electron chi connectivity index (χ4n) is 3.44. The third-order valence-corrected chi connectivity index (χ3v) is 4.89. The summed E-state index contributed by atoms with van der Waals surface area (Å²) in [5, 5.41) is 3.66. The average molecular weight is 308 g/mol. The van der Waals surface area contributed by atoms with Crippen molar-refractivity contribution in [3.05, 3.63) is 48.3 Å². The van der Waals surface area contributed by atoms with Gasteiger partial charge < -0.3 is 10.2 Å². The monoisotopic (exact) mass is 308 g/mol. The molecule has 1 aliphatic heterocycles. The molecule has 1 N–H and O–H groups in total. The van der Waals surface area contributed by atoms with Crippen molar-refractivity contribution in [2.24, 2.45) is 5.92 Å². The Labute approximate surface area is 138 Å². The van der Waals surface area contributed by atoms with E-state index in [2.05, 4.69) is 56.6 Å². The molecule has 23 heavy (non-hydrogen) atoms. The maximum Gasteiger partial charge on any atom is 0.134 e. The number of hydrogen-bond acceptors (Lipinski definition) is 4. The third-order valence-electron chi connectivity index (χ3n) is 4.89. The van der Waals surface area contributed by atoms with Crippen LogP contribution >= 0.6 is 0 Å². The quantitative estimate of drug-likeness (QED) is 0.905. The average Bonchev–Trinajstić information content (AvgIpc) is 3.46. The largest absolute Gasteiger partial charge is 0.363 e. The summed E-state index contributed by atoms with van der Waals surface area (Å²) in [5.41, 5.74) is 1.35. The van der Waals surface area contributed by atoms with Gasteiger partial charge in [0.05, 0.1) is 6.04 Å². The summed E-state index contributed by atoms with van der Waals surface area (Å²) in [5.74, 6) is 2.73. The highest BCUT2D eigenvalue weighted by atomic mass is 15.2. The molecule has 4 rings (SSSR count). The summed E-state index contributed by atoms with van der Waals surface area (Å²) >= 11 is 0. The van der Waals surface area contributed by atoms with Crippen LogP contribution < -0.4 is 10.2 Å². The molecule has 1 aromatic carbocycles. The summed E-state index contributed by atoms with van der Waals surface area (Å²) in [7, 11) is 0. The van der Waals surface area contributed by atoms with E-state index < -0.39 is 0 Å². The van der Waals surface area contributed by atoms with Crippen molar-refractivity contribution in [3.63, 3.8) is 0 Å². The summed E-state index contributed by atoms with van der Waals surface area (Å²) in [6, 6.07) is 13.2. The number of rotatable bonds is 5. The van der Waals surface area contributed by atoms with Crippen LogP contribution in [0.1, 0.15) is 43.7 Å². The Kier molecular flexibility index (Phi) is 4.14. The van der Waals surface area contributed by atoms with E-state index in [4.69, 9.17) is 0 Å². The highest BCUT2D eigenvalue weighted by molar-refractivity contribution is 5.50. The van der Waals surface area contributed by atoms with Crippen LogP contribution in [0.15, 0.2) is 42.7 Å². The van der Waals surface area contributed by atoms with E-state index in [1.807, 2.05) is 0 Å². The van der Waals surface area contributed by atoms with E-state index >= 15 is 0 Å². The van der Waals surface area contributed by atoms with Crippen molar-refractivity contribution in [3.8, 4) is 0 Å². The van der Waals surface area contributed by atoms with E-state index in [0.717, 1.165) is 30.6 Å². The minimum absolute atomic E-state index is 0.361. The molecule has 1 saturated carbocycles. The van der Waals surface area contributed by atoms with E-state index in [9.17, 15) is 0 Å². The zero-order valence-electron chi connectivity index (χ0n) is 13.5. The molecule has 0 amide bonds. The number of nitrogens with one attached hydrogen (secondary N) is 1. The topological polar surface area (TPSA) is 41.0 Å². The van der Waals surface area contributed by atoms with Gasteiger partial charge in [-0.2, -0.15) is 0 Å². The van der Waals surface area contributed by atoms with Crippen LogP contribution in [0.3, 0.4) is 0 Å². The lowest BCUT2D eigenvalue weighted by Crippen LogP contribution is -2.30. The van der Waals surface area contributed by atoms with Gasteiger partial charge in [-0.15, -0.1) is 0 Å². The minimum atomic E-state index is 0.361. The highest BCUT2D eigenvalue weighted by Gasteiger charge is 2.32. The molecule has 4 nitrogen and oxygen atoms in total. The first-order valence-corrected chi connectivity index (χ1v) is 8.78. The van der Waals surface area contributed by atoms with Crippen molar-refractivity contribution in [2.45, 2.75) is 38.1 Å². The Bertz CT molecular complexity index is 633.